The molecule has 0 bridgehead atoms. The van der Waals surface area contributed by atoms with Crippen LogP contribution in [0.25, 0.3) is 0 Å². The minimum atomic E-state index is -0.126. The van der Waals surface area contributed by atoms with E-state index in [1.165, 1.54) is 6.42 Å². The molecule has 19 heavy (non-hydrogen) atoms. The van der Waals surface area contributed by atoms with Crippen molar-refractivity contribution in [1.29, 1.82) is 0 Å². The van der Waals surface area contributed by atoms with Crippen molar-refractivity contribution in [1.82, 2.24) is 9.80 Å². The van der Waals surface area contributed by atoms with Crippen molar-refractivity contribution in [3.8, 4) is 0 Å². The summed E-state index contributed by atoms with van der Waals surface area (Å²) >= 11 is 0. The fourth-order valence-electron chi connectivity index (χ4n) is 4.21. The molecule has 4 heteroatoms. The van der Waals surface area contributed by atoms with E-state index >= 15 is 0 Å². The van der Waals surface area contributed by atoms with Crippen molar-refractivity contribution < 1.29 is 9.90 Å². The number of amides is 1. The highest BCUT2D eigenvalue weighted by Crippen LogP contribution is 2.37. The molecule has 0 aromatic heterocycles. The van der Waals surface area contributed by atoms with Crippen LogP contribution in [0.1, 0.15) is 39.0 Å². The van der Waals surface area contributed by atoms with Crippen molar-refractivity contribution >= 4 is 5.91 Å². The summed E-state index contributed by atoms with van der Waals surface area (Å²) in [5, 5.41) is 9.92. The number of fused-ring (bicyclic) bond motifs is 1. The summed E-state index contributed by atoms with van der Waals surface area (Å²) < 4.78 is 0. The Balaban J connectivity index is 1.53. The van der Waals surface area contributed by atoms with Crippen molar-refractivity contribution in [2.45, 2.75) is 51.2 Å². The predicted molar refractivity (Wildman–Crippen MR) is 73.7 cm³/mol. The van der Waals surface area contributed by atoms with E-state index in [0.29, 0.717) is 30.3 Å². The van der Waals surface area contributed by atoms with E-state index in [0.717, 1.165) is 45.3 Å². The molecule has 0 spiro atoms. The zero-order valence-corrected chi connectivity index (χ0v) is 11.9. The molecule has 0 aromatic carbocycles. The lowest BCUT2D eigenvalue weighted by atomic mass is 10.00. The molecule has 1 N–H and O–H groups in total. The number of carbonyl (C=O) groups is 1. The Morgan fingerprint density at radius 2 is 2.05 bits per heavy atom. The summed E-state index contributed by atoms with van der Waals surface area (Å²) in [6.45, 7) is 5.59. The van der Waals surface area contributed by atoms with Gasteiger partial charge < -0.3 is 10.0 Å². The Labute approximate surface area is 115 Å². The quantitative estimate of drug-likeness (QED) is 0.813. The van der Waals surface area contributed by atoms with Crippen LogP contribution in [-0.4, -0.2) is 59.1 Å². The van der Waals surface area contributed by atoms with Gasteiger partial charge in [-0.25, -0.2) is 0 Å². The lowest BCUT2D eigenvalue weighted by Gasteiger charge is -2.34. The van der Waals surface area contributed by atoms with Crippen LogP contribution < -0.4 is 0 Å². The third-order valence-electron chi connectivity index (χ3n) is 5.38. The highest BCUT2D eigenvalue weighted by Gasteiger charge is 2.42. The zero-order valence-electron chi connectivity index (χ0n) is 11.9. The molecule has 3 aliphatic rings. The number of rotatable bonds is 2. The average molecular weight is 266 g/mol. The summed E-state index contributed by atoms with van der Waals surface area (Å²) in [4.78, 5) is 16.7. The first kappa shape index (κ1) is 13.4. The van der Waals surface area contributed by atoms with E-state index < -0.39 is 0 Å². The van der Waals surface area contributed by atoms with Crippen molar-refractivity contribution in [3.05, 3.63) is 0 Å². The summed E-state index contributed by atoms with van der Waals surface area (Å²) in [6.07, 6.45) is 5.52. The second kappa shape index (κ2) is 5.41. The highest BCUT2D eigenvalue weighted by molar-refractivity contribution is 5.78. The zero-order chi connectivity index (χ0) is 13.4. The molecule has 1 amide bonds. The van der Waals surface area contributed by atoms with E-state index in [4.69, 9.17) is 0 Å². The van der Waals surface area contributed by atoms with Crippen LogP contribution >= 0.6 is 0 Å². The summed E-state index contributed by atoms with van der Waals surface area (Å²) in [5.74, 6) is 1.34. The van der Waals surface area contributed by atoms with Gasteiger partial charge in [-0.05, 0) is 44.9 Å². The fraction of sp³-hybridized carbons (Fsp3) is 0.933. The van der Waals surface area contributed by atoms with Gasteiger partial charge in [0.05, 0.1) is 12.6 Å². The van der Waals surface area contributed by atoms with Crippen molar-refractivity contribution in [2.24, 2.45) is 11.8 Å². The third kappa shape index (κ3) is 2.65. The highest BCUT2D eigenvalue weighted by atomic mass is 16.3. The first-order valence-corrected chi connectivity index (χ1v) is 7.85. The van der Waals surface area contributed by atoms with Crippen molar-refractivity contribution in [3.63, 3.8) is 0 Å². The van der Waals surface area contributed by atoms with Crippen LogP contribution in [-0.2, 0) is 4.79 Å². The molecule has 0 aromatic rings. The molecular formula is C15H26N2O2. The van der Waals surface area contributed by atoms with Gasteiger partial charge in [0.2, 0.25) is 5.91 Å². The number of likely N-dealkylation sites (tertiary alicyclic amines) is 2. The molecule has 0 radical (unpaired) electrons. The van der Waals surface area contributed by atoms with E-state index in [1.807, 2.05) is 0 Å². The third-order valence-corrected chi connectivity index (χ3v) is 5.38. The Morgan fingerprint density at radius 3 is 2.79 bits per heavy atom. The molecular weight excluding hydrogens is 240 g/mol. The summed E-state index contributed by atoms with van der Waals surface area (Å²) in [7, 11) is 0. The Bertz CT molecular complexity index is 347. The Hall–Kier alpha value is -0.610. The number of aliphatic hydroxyl groups is 1. The molecule has 1 aliphatic carbocycles. The van der Waals surface area contributed by atoms with E-state index in [9.17, 15) is 9.90 Å². The van der Waals surface area contributed by atoms with Gasteiger partial charge in [-0.3, -0.25) is 9.69 Å². The van der Waals surface area contributed by atoms with Gasteiger partial charge >= 0.3 is 0 Å². The maximum Gasteiger partial charge on any atom is 0.236 e. The lowest BCUT2D eigenvalue weighted by Crippen LogP contribution is -2.46. The lowest BCUT2D eigenvalue weighted by molar-refractivity contribution is -0.135. The number of piperidine rings is 1. The molecule has 3 rings (SSSR count). The summed E-state index contributed by atoms with van der Waals surface area (Å²) in [5.41, 5.74) is 0. The predicted octanol–water partition coefficient (Wildman–Crippen LogP) is 1.09. The molecule has 1 saturated carbocycles. The summed E-state index contributed by atoms with van der Waals surface area (Å²) in [6, 6.07) is 0.411. The van der Waals surface area contributed by atoms with Crippen LogP contribution in [0.4, 0.5) is 0 Å². The van der Waals surface area contributed by atoms with Gasteiger partial charge in [0, 0.05) is 31.6 Å². The Morgan fingerprint density at radius 1 is 1.21 bits per heavy atom. The monoisotopic (exact) mass is 266 g/mol. The number of hydrogen-bond acceptors (Lipinski definition) is 3. The van der Waals surface area contributed by atoms with Gasteiger partial charge in [0.1, 0.15) is 0 Å². The van der Waals surface area contributed by atoms with E-state index in [1.54, 1.807) is 0 Å². The largest absolute Gasteiger partial charge is 0.393 e. The molecule has 4 atom stereocenters. The SMILES string of the molecule is CC1CCCCN1C(=O)CN1CC2CCC(O)C2C1. The molecule has 2 heterocycles. The van der Waals surface area contributed by atoms with Crippen molar-refractivity contribution in [2.75, 3.05) is 26.2 Å². The first-order valence-electron chi connectivity index (χ1n) is 7.85. The van der Waals surface area contributed by atoms with Gasteiger partial charge in [-0.15, -0.1) is 0 Å². The first-order chi connectivity index (χ1) is 9.15. The maximum atomic E-state index is 12.4. The van der Waals surface area contributed by atoms with Gasteiger partial charge in [0.15, 0.2) is 0 Å². The fourth-order valence-corrected chi connectivity index (χ4v) is 4.21. The number of aliphatic hydroxyl groups excluding tert-OH is 1. The molecule has 4 nitrogen and oxygen atoms in total. The minimum absolute atomic E-state index is 0.126. The average Bonchev–Trinajstić information content (AvgIpc) is 2.92. The van der Waals surface area contributed by atoms with Gasteiger partial charge in [-0.1, -0.05) is 0 Å². The van der Waals surface area contributed by atoms with Crippen LogP contribution in [0.5, 0.6) is 0 Å². The number of hydrogen-bond donors (Lipinski definition) is 1. The molecule has 4 unspecified atom stereocenters. The topological polar surface area (TPSA) is 43.8 Å². The normalized spacial score (nSPS) is 39.6. The van der Waals surface area contributed by atoms with E-state index in [-0.39, 0.29) is 6.10 Å². The van der Waals surface area contributed by atoms with Crippen LogP contribution in [0.15, 0.2) is 0 Å². The number of carbonyl (C=O) groups excluding carboxylic acids is 1. The van der Waals surface area contributed by atoms with Crippen LogP contribution in [0.2, 0.25) is 0 Å². The smallest absolute Gasteiger partial charge is 0.236 e. The van der Waals surface area contributed by atoms with E-state index in [2.05, 4.69) is 16.7 Å². The second-order valence-electron chi connectivity index (χ2n) is 6.69. The number of nitrogens with zero attached hydrogens (tertiary/aromatic N) is 2. The maximum absolute atomic E-state index is 12.4. The minimum Gasteiger partial charge on any atom is -0.393 e. The molecule has 108 valence electrons. The molecule has 2 saturated heterocycles. The van der Waals surface area contributed by atoms with Gasteiger partial charge in [-0.2, -0.15) is 0 Å². The second-order valence-corrected chi connectivity index (χ2v) is 6.69. The standard InChI is InChI=1S/C15H26N2O2/c1-11-4-2-3-7-17(11)15(19)10-16-8-12-5-6-14(18)13(12)9-16/h11-14,18H,2-10H2,1H3. The Kier molecular flexibility index (Phi) is 3.81. The van der Waals surface area contributed by atoms with Gasteiger partial charge in [0.25, 0.3) is 0 Å². The van der Waals surface area contributed by atoms with Crippen LogP contribution in [0, 0.1) is 11.8 Å². The molecule has 2 aliphatic heterocycles. The van der Waals surface area contributed by atoms with Crippen LogP contribution in [0.3, 0.4) is 0 Å². The molecule has 3 fully saturated rings.